The maximum absolute atomic E-state index is 11.8. The molecule has 0 aliphatic rings. The molecule has 0 spiro atoms. The highest BCUT2D eigenvalue weighted by molar-refractivity contribution is 5.81. The zero-order valence-corrected chi connectivity index (χ0v) is 10.3. The number of aryl methyl sites for hydroxylation is 1. The molecule has 1 amide bonds. The van der Waals surface area contributed by atoms with Gasteiger partial charge in [0.15, 0.2) is 0 Å². The smallest absolute Gasteiger partial charge is 0.323 e. The lowest BCUT2D eigenvalue weighted by molar-refractivity contribution is -0.144. The number of aromatic nitrogens is 1. The summed E-state index contributed by atoms with van der Waals surface area (Å²) < 4.78 is 1.38. The van der Waals surface area contributed by atoms with Gasteiger partial charge in [0.2, 0.25) is 5.91 Å². The average molecular weight is 262 g/mol. The van der Waals surface area contributed by atoms with Crippen LogP contribution in [0.25, 0.3) is 0 Å². The fourth-order valence-electron chi connectivity index (χ4n) is 1.53. The first-order chi connectivity index (χ1) is 9.04. The Hall–Kier alpha value is -2.55. The van der Waals surface area contributed by atoms with Crippen LogP contribution in [-0.2, 0) is 16.1 Å². The standard InChI is InChI=1S/C13H14N2O4/c1-2-7-15(10-13(18)19)12(17)6-9-14-8-4-3-5-11(14)16/h1,3-5,8H,6-7,9-10H2,(H,18,19). The molecule has 6 nitrogen and oxygen atoms in total. The van der Waals surface area contributed by atoms with Crippen LogP contribution in [0.2, 0.25) is 0 Å². The van der Waals surface area contributed by atoms with Crippen molar-refractivity contribution < 1.29 is 14.7 Å². The van der Waals surface area contributed by atoms with Crippen LogP contribution in [-0.4, -0.2) is 39.5 Å². The largest absolute Gasteiger partial charge is 0.480 e. The number of hydrogen-bond donors (Lipinski definition) is 1. The van der Waals surface area contributed by atoms with Gasteiger partial charge in [-0.3, -0.25) is 14.4 Å². The van der Waals surface area contributed by atoms with Crippen LogP contribution >= 0.6 is 0 Å². The summed E-state index contributed by atoms with van der Waals surface area (Å²) in [6.07, 6.45) is 6.68. The topological polar surface area (TPSA) is 79.6 Å². The highest BCUT2D eigenvalue weighted by Crippen LogP contribution is 1.96. The maximum Gasteiger partial charge on any atom is 0.323 e. The van der Waals surface area contributed by atoms with E-state index < -0.39 is 18.4 Å². The maximum atomic E-state index is 11.8. The van der Waals surface area contributed by atoms with Crippen LogP contribution in [0.5, 0.6) is 0 Å². The number of hydrogen-bond acceptors (Lipinski definition) is 3. The molecular weight excluding hydrogens is 248 g/mol. The van der Waals surface area contributed by atoms with Crippen molar-refractivity contribution in [2.45, 2.75) is 13.0 Å². The molecule has 1 heterocycles. The van der Waals surface area contributed by atoms with Gasteiger partial charge in [-0.05, 0) is 6.07 Å². The Kier molecular flexibility index (Phi) is 5.35. The summed E-state index contributed by atoms with van der Waals surface area (Å²) in [5.74, 6) is 0.720. The highest BCUT2D eigenvalue weighted by Gasteiger charge is 2.15. The minimum atomic E-state index is -1.12. The summed E-state index contributed by atoms with van der Waals surface area (Å²) in [6, 6.07) is 4.68. The predicted molar refractivity (Wildman–Crippen MR) is 68.4 cm³/mol. The molecule has 1 N–H and O–H groups in total. The van der Waals surface area contributed by atoms with E-state index in [1.807, 2.05) is 0 Å². The third kappa shape index (κ3) is 4.68. The third-order valence-corrected chi connectivity index (χ3v) is 2.43. The number of carbonyl (C=O) groups excluding carboxylic acids is 1. The minimum Gasteiger partial charge on any atom is -0.480 e. The van der Waals surface area contributed by atoms with Gasteiger partial charge in [-0.2, -0.15) is 0 Å². The number of carboxylic acid groups (broad SMARTS) is 1. The number of carbonyl (C=O) groups is 2. The second kappa shape index (κ2) is 7.01. The molecule has 6 heteroatoms. The van der Waals surface area contributed by atoms with Gasteiger partial charge in [-0.1, -0.05) is 12.0 Å². The molecule has 0 atom stereocenters. The summed E-state index contributed by atoms with van der Waals surface area (Å²) in [7, 11) is 0. The van der Waals surface area contributed by atoms with Gasteiger partial charge in [0.05, 0.1) is 6.54 Å². The highest BCUT2D eigenvalue weighted by atomic mass is 16.4. The number of amides is 1. The van der Waals surface area contributed by atoms with Gasteiger partial charge in [0.1, 0.15) is 6.54 Å². The lowest BCUT2D eigenvalue weighted by Gasteiger charge is -2.18. The van der Waals surface area contributed by atoms with Crippen molar-refractivity contribution in [1.29, 1.82) is 0 Å². The fraction of sp³-hybridized carbons (Fsp3) is 0.308. The van der Waals surface area contributed by atoms with Gasteiger partial charge >= 0.3 is 5.97 Å². The van der Waals surface area contributed by atoms with Crippen molar-refractivity contribution in [2.24, 2.45) is 0 Å². The Morgan fingerprint density at radius 3 is 2.74 bits per heavy atom. The van der Waals surface area contributed by atoms with E-state index in [1.165, 1.54) is 10.6 Å². The molecule has 0 unspecified atom stereocenters. The summed E-state index contributed by atoms with van der Waals surface area (Å²) in [5, 5.41) is 8.67. The van der Waals surface area contributed by atoms with E-state index in [-0.39, 0.29) is 25.1 Å². The van der Waals surface area contributed by atoms with E-state index in [9.17, 15) is 14.4 Å². The third-order valence-electron chi connectivity index (χ3n) is 2.43. The summed E-state index contributed by atoms with van der Waals surface area (Å²) in [5.41, 5.74) is -0.211. The molecule has 100 valence electrons. The Morgan fingerprint density at radius 2 is 2.16 bits per heavy atom. The van der Waals surface area contributed by atoms with E-state index in [4.69, 9.17) is 11.5 Å². The number of terminal acetylenes is 1. The molecular formula is C13H14N2O4. The molecule has 19 heavy (non-hydrogen) atoms. The summed E-state index contributed by atoms with van der Waals surface area (Å²) in [6.45, 7) is -0.305. The van der Waals surface area contributed by atoms with E-state index in [1.54, 1.807) is 18.3 Å². The first-order valence-corrected chi connectivity index (χ1v) is 5.63. The van der Waals surface area contributed by atoms with Gasteiger partial charge in [0, 0.05) is 25.2 Å². The van der Waals surface area contributed by atoms with Crippen molar-refractivity contribution in [2.75, 3.05) is 13.1 Å². The van der Waals surface area contributed by atoms with Crippen molar-refractivity contribution in [3.05, 3.63) is 34.7 Å². The summed E-state index contributed by atoms with van der Waals surface area (Å²) in [4.78, 5) is 34.9. The van der Waals surface area contributed by atoms with Gasteiger partial charge in [-0.15, -0.1) is 6.42 Å². The van der Waals surface area contributed by atoms with E-state index in [0.717, 1.165) is 4.90 Å². The summed E-state index contributed by atoms with van der Waals surface area (Å²) >= 11 is 0. The van der Waals surface area contributed by atoms with Crippen LogP contribution in [0.1, 0.15) is 6.42 Å². The van der Waals surface area contributed by atoms with Gasteiger partial charge < -0.3 is 14.6 Å². The molecule has 0 aliphatic carbocycles. The lowest BCUT2D eigenvalue weighted by Crippen LogP contribution is -2.36. The Labute approximate surface area is 110 Å². The van der Waals surface area contributed by atoms with E-state index in [0.29, 0.717) is 0 Å². The van der Waals surface area contributed by atoms with Crippen molar-refractivity contribution in [3.63, 3.8) is 0 Å². The second-order valence-electron chi connectivity index (χ2n) is 3.83. The van der Waals surface area contributed by atoms with Crippen LogP contribution in [0, 0.1) is 12.3 Å². The number of nitrogens with zero attached hydrogens (tertiary/aromatic N) is 2. The van der Waals surface area contributed by atoms with Crippen molar-refractivity contribution in [3.8, 4) is 12.3 Å². The van der Waals surface area contributed by atoms with Crippen LogP contribution in [0.15, 0.2) is 29.2 Å². The fourth-order valence-corrected chi connectivity index (χ4v) is 1.53. The zero-order valence-electron chi connectivity index (χ0n) is 10.3. The Morgan fingerprint density at radius 1 is 1.42 bits per heavy atom. The van der Waals surface area contributed by atoms with E-state index in [2.05, 4.69) is 5.92 Å². The van der Waals surface area contributed by atoms with Gasteiger partial charge in [-0.25, -0.2) is 0 Å². The van der Waals surface area contributed by atoms with Crippen LogP contribution in [0.3, 0.4) is 0 Å². The number of pyridine rings is 1. The zero-order chi connectivity index (χ0) is 14.3. The predicted octanol–water partition coefficient (Wildman–Crippen LogP) is -0.215. The number of aliphatic carboxylic acids is 1. The van der Waals surface area contributed by atoms with E-state index >= 15 is 0 Å². The molecule has 0 saturated heterocycles. The normalized spacial score (nSPS) is 9.63. The van der Waals surface area contributed by atoms with Crippen molar-refractivity contribution >= 4 is 11.9 Å². The molecule has 0 aromatic carbocycles. The molecule has 1 aromatic rings. The minimum absolute atomic E-state index is 0.0267. The SMILES string of the molecule is C#CCN(CC(=O)O)C(=O)CCn1ccccc1=O. The first-order valence-electron chi connectivity index (χ1n) is 5.63. The first kappa shape index (κ1) is 14.5. The van der Waals surface area contributed by atoms with Crippen molar-refractivity contribution in [1.82, 2.24) is 9.47 Å². The lowest BCUT2D eigenvalue weighted by atomic mass is 10.3. The number of rotatable bonds is 6. The second-order valence-corrected chi connectivity index (χ2v) is 3.83. The molecule has 0 radical (unpaired) electrons. The number of carboxylic acids is 1. The molecule has 1 rings (SSSR count). The van der Waals surface area contributed by atoms with Gasteiger partial charge in [0.25, 0.3) is 5.56 Å². The Bertz CT molecular complexity index is 556. The van der Waals surface area contributed by atoms with Crippen LogP contribution in [0.4, 0.5) is 0 Å². The molecule has 0 saturated carbocycles. The van der Waals surface area contributed by atoms with Crippen LogP contribution < -0.4 is 5.56 Å². The molecule has 0 fully saturated rings. The molecule has 0 bridgehead atoms. The molecule has 0 aliphatic heterocycles. The Balaban J connectivity index is 2.63. The quantitative estimate of drug-likeness (QED) is 0.719. The molecule has 1 aromatic heterocycles. The monoisotopic (exact) mass is 262 g/mol. The average Bonchev–Trinajstić information content (AvgIpc) is 2.36.